The van der Waals surface area contributed by atoms with Crippen LogP contribution in [0.15, 0.2) is 17.0 Å². The van der Waals surface area contributed by atoms with Crippen LogP contribution in [-0.2, 0) is 33.4 Å². The minimum absolute atomic E-state index is 0.558. The number of rotatable bonds is 64. The van der Waals surface area contributed by atoms with Crippen molar-refractivity contribution in [2.45, 2.75) is 419 Å². The van der Waals surface area contributed by atoms with E-state index in [4.69, 9.17) is 3.97 Å². The maximum absolute atomic E-state index is 15.5. The van der Waals surface area contributed by atoms with Gasteiger partial charge in [-0.3, -0.25) is 0 Å². The first-order valence-electron chi connectivity index (χ1n) is 36.8. The van der Waals surface area contributed by atoms with Crippen molar-refractivity contribution in [3.63, 3.8) is 0 Å². The predicted octanol–water partition coefficient (Wildman–Crippen LogP) is 26.7. The van der Waals surface area contributed by atoms with Gasteiger partial charge in [-0.1, -0.05) is 213 Å². The molecule has 0 unspecified atom stereocenters. The summed E-state index contributed by atoms with van der Waals surface area (Å²) < 4.78 is 38.3. The second-order valence-corrected chi connectivity index (χ2v) is 33.9. The van der Waals surface area contributed by atoms with E-state index in [0.29, 0.717) is 4.90 Å². The van der Waals surface area contributed by atoms with Crippen LogP contribution in [0.4, 0.5) is 0 Å². The predicted molar refractivity (Wildman–Crippen MR) is 361 cm³/mol. The third-order valence-electron chi connectivity index (χ3n) is 19.0. The van der Waals surface area contributed by atoms with Crippen LogP contribution in [0.1, 0.15) is 412 Å². The van der Waals surface area contributed by atoms with Gasteiger partial charge < -0.3 is 0 Å². The van der Waals surface area contributed by atoms with E-state index in [2.05, 4.69) is 60.6 Å². The molecule has 0 fully saturated rings. The fourth-order valence-electron chi connectivity index (χ4n) is 13.3. The molecule has 0 atom stereocenters. The Morgan fingerprint density at radius 1 is 0.278 bits per heavy atom. The van der Waals surface area contributed by atoms with E-state index in [1.165, 1.54) is 313 Å². The minimum Gasteiger partial charge on any atom is -0.0654 e. The fourth-order valence-corrected chi connectivity index (χ4v) is 22.9. The molecule has 0 spiro atoms. The molecule has 0 saturated carbocycles. The van der Waals surface area contributed by atoms with Crippen molar-refractivity contribution < 1.29 is 12.4 Å². The Bertz CT molecular complexity index is 1530. The standard InChI is InChI=1S/C74H145O3PS/c1-8-15-21-24-27-30-33-36-39-42-45-48-51-54-57-60-63-71-66-67-74(79(75,76)77-78(14-7,68-18-11-4,69-19-12-5)70-20-13-6)73(65-62-59-56-53-50-47-44-41-38-35-32-29-26-23-17-10-3)72(71)64-61-58-55-52-49-46-43-40-37-34-31-28-25-22-16-9-2/h66-67H,8-65,68-70H2,1-7H3. The molecule has 0 radical (unpaired) electrons. The van der Waals surface area contributed by atoms with Gasteiger partial charge in [0.25, 0.3) is 0 Å². The van der Waals surface area contributed by atoms with E-state index in [0.717, 1.165) is 94.4 Å². The van der Waals surface area contributed by atoms with Crippen molar-refractivity contribution >= 4 is 16.9 Å². The minimum atomic E-state index is -3.98. The Hall–Kier alpha value is -0.440. The summed E-state index contributed by atoms with van der Waals surface area (Å²) in [6, 6.07) is 4.35. The third kappa shape index (κ3) is 39.7. The molecule has 0 aliphatic heterocycles. The zero-order valence-corrected chi connectivity index (χ0v) is 57.1. The summed E-state index contributed by atoms with van der Waals surface area (Å²) in [5.41, 5.74) is 4.02. The average Bonchev–Trinajstić information content (AvgIpc) is 3.60. The van der Waals surface area contributed by atoms with E-state index in [-0.39, 0.29) is 0 Å². The molecule has 0 heterocycles. The topological polar surface area (TPSA) is 43.4 Å². The van der Waals surface area contributed by atoms with Gasteiger partial charge in [-0.05, 0) is 0 Å². The molecule has 0 aromatic heterocycles. The van der Waals surface area contributed by atoms with E-state index in [1.807, 2.05) is 0 Å². The molecule has 1 rings (SSSR count). The Balaban J connectivity index is 3.22. The van der Waals surface area contributed by atoms with E-state index in [9.17, 15) is 0 Å². The SMILES string of the molecule is CCCCCCCCCCCCCCCCCCc1ccc(S(=O)(=O)OP(CC)(CCCC)(CCCC)CCCC)c(CCCCCCCCCCCCCCCCCC)c1CCCCCCCCCCCCCCCCCC. The van der Waals surface area contributed by atoms with Gasteiger partial charge in [-0.2, -0.15) is 0 Å². The van der Waals surface area contributed by atoms with Crippen molar-refractivity contribution in [2.24, 2.45) is 0 Å². The summed E-state index contributed by atoms with van der Waals surface area (Å²) in [4.78, 5) is 0.558. The van der Waals surface area contributed by atoms with Crippen LogP contribution < -0.4 is 0 Å². The molecule has 0 aliphatic carbocycles. The summed E-state index contributed by atoms with van der Waals surface area (Å²) in [7, 11) is -3.98. The summed E-state index contributed by atoms with van der Waals surface area (Å²) >= 11 is 0. The first kappa shape index (κ1) is 76.6. The van der Waals surface area contributed by atoms with Crippen molar-refractivity contribution in [3.05, 3.63) is 28.8 Å². The summed E-state index contributed by atoms with van der Waals surface area (Å²) in [6.07, 6.45) is 79.0. The monoisotopic (exact) mass is 1150 g/mol. The second kappa shape index (κ2) is 54.2. The van der Waals surface area contributed by atoms with Crippen LogP contribution in [0.2, 0.25) is 0 Å². The smallest absolute Gasteiger partial charge is 0.0654 e. The van der Waals surface area contributed by atoms with Gasteiger partial charge in [-0.15, -0.1) is 0 Å². The molecule has 0 saturated heterocycles. The number of hydrogen-bond acceptors (Lipinski definition) is 3. The second-order valence-electron chi connectivity index (χ2n) is 26.3. The molecule has 0 aliphatic rings. The van der Waals surface area contributed by atoms with Gasteiger partial charge in [0, 0.05) is 0 Å². The van der Waals surface area contributed by atoms with Crippen LogP contribution in [0.5, 0.6) is 0 Å². The van der Waals surface area contributed by atoms with Crippen molar-refractivity contribution in [1.29, 1.82) is 0 Å². The number of unbranched alkanes of at least 4 members (excludes halogenated alkanes) is 48. The average molecular weight is 1150 g/mol. The quantitative estimate of drug-likeness (QED) is 0.0482. The van der Waals surface area contributed by atoms with E-state index < -0.39 is 16.9 Å². The van der Waals surface area contributed by atoms with Gasteiger partial charge in [-0.25, -0.2) is 0 Å². The molecule has 0 bridgehead atoms. The van der Waals surface area contributed by atoms with Crippen molar-refractivity contribution in [2.75, 3.05) is 24.6 Å². The molecular weight excluding hydrogens is 1000 g/mol. The van der Waals surface area contributed by atoms with Crippen molar-refractivity contribution in [1.82, 2.24) is 0 Å². The van der Waals surface area contributed by atoms with Gasteiger partial charge in [0.05, 0.1) is 0 Å². The van der Waals surface area contributed by atoms with Crippen LogP contribution in [0, 0.1) is 0 Å². The molecular formula is C74H145O3PS. The maximum atomic E-state index is 15.5. The summed E-state index contributed by atoms with van der Waals surface area (Å²) in [5, 5.41) is 0. The molecule has 3 nitrogen and oxygen atoms in total. The number of benzene rings is 1. The molecule has 1 aromatic carbocycles. The Morgan fingerprint density at radius 3 is 0.759 bits per heavy atom. The van der Waals surface area contributed by atoms with Crippen LogP contribution in [0.25, 0.3) is 0 Å². The van der Waals surface area contributed by atoms with Gasteiger partial charge in [0.15, 0.2) is 0 Å². The number of hydrogen-bond donors (Lipinski definition) is 0. The van der Waals surface area contributed by atoms with Gasteiger partial charge in [0.1, 0.15) is 0 Å². The molecule has 79 heavy (non-hydrogen) atoms. The van der Waals surface area contributed by atoms with Crippen LogP contribution >= 0.6 is 6.83 Å². The van der Waals surface area contributed by atoms with Gasteiger partial charge >= 0.3 is 289 Å². The van der Waals surface area contributed by atoms with Crippen LogP contribution in [0.3, 0.4) is 0 Å². The molecule has 5 heteroatoms. The molecule has 0 amide bonds. The summed E-state index contributed by atoms with van der Waals surface area (Å²) in [6.45, 7) is 13.0. The van der Waals surface area contributed by atoms with Gasteiger partial charge in [0.2, 0.25) is 0 Å². The first-order chi connectivity index (χ1) is 38.7. The zero-order valence-electron chi connectivity index (χ0n) is 55.4. The first-order valence-corrected chi connectivity index (χ1v) is 41.1. The Kier molecular flexibility index (Phi) is 52.6. The van der Waals surface area contributed by atoms with Crippen molar-refractivity contribution in [3.8, 4) is 0 Å². The Morgan fingerprint density at radius 2 is 0.506 bits per heavy atom. The van der Waals surface area contributed by atoms with E-state index >= 15 is 8.42 Å². The molecule has 0 N–H and O–H groups in total. The molecule has 1 aromatic rings. The van der Waals surface area contributed by atoms with E-state index in [1.54, 1.807) is 0 Å². The number of aryl methyl sites for hydroxylation is 1. The third-order valence-corrected chi connectivity index (χ3v) is 28.3. The summed E-state index contributed by atoms with van der Waals surface area (Å²) in [5.74, 6) is 0. The zero-order chi connectivity index (χ0) is 57.5. The normalized spacial score (nSPS) is 12.7. The fraction of sp³-hybridized carbons (Fsp3) is 0.919. The Labute approximate surface area is 499 Å². The van der Waals surface area contributed by atoms with Crippen LogP contribution in [-0.4, -0.2) is 33.1 Å². The molecule has 470 valence electrons.